The van der Waals surface area contributed by atoms with Crippen LogP contribution in [0, 0.1) is 5.82 Å². The van der Waals surface area contributed by atoms with E-state index in [9.17, 15) is 14.0 Å². The lowest BCUT2D eigenvalue weighted by atomic mass is 10.1. The second kappa shape index (κ2) is 10.1. The normalized spacial score (nSPS) is 14.1. The highest BCUT2D eigenvalue weighted by Crippen LogP contribution is 2.26. The second-order valence-electron chi connectivity index (χ2n) is 7.53. The van der Waals surface area contributed by atoms with E-state index in [2.05, 4.69) is 5.32 Å². The van der Waals surface area contributed by atoms with E-state index in [-0.39, 0.29) is 24.2 Å². The number of piperazine rings is 1. The SMILES string of the molecule is O=C(CN1CCN(C(=O)c2ccccc2Oc2ccccc2)CC1)Nc1ccc(F)cc1. The van der Waals surface area contributed by atoms with Gasteiger partial charge in [-0.15, -0.1) is 0 Å². The molecule has 0 unspecified atom stereocenters. The summed E-state index contributed by atoms with van der Waals surface area (Å²) < 4.78 is 18.9. The number of hydrogen-bond acceptors (Lipinski definition) is 4. The molecule has 0 radical (unpaired) electrons. The number of para-hydroxylation sites is 2. The molecule has 1 saturated heterocycles. The zero-order valence-corrected chi connectivity index (χ0v) is 17.5. The monoisotopic (exact) mass is 433 g/mol. The van der Waals surface area contributed by atoms with Crippen molar-refractivity contribution in [3.8, 4) is 11.5 Å². The van der Waals surface area contributed by atoms with Gasteiger partial charge in [0.25, 0.3) is 5.91 Å². The Balaban J connectivity index is 1.32. The first-order chi connectivity index (χ1) is 15.6. The van der Waals surface area contributed by atoms with Crippen molar-refractivity contribution >= 4 is 17.5 Å². The molecule has 1 aliphatic rings. The smallest absolute Gasteiger partial charge is 0.257 e. The summed E-state index contributed by atoms with van der Waals surface area (Å²) in [4.78, 5) is 29.2. The van der Waals surface area contributed by atoms with Crippen LogP contribution in [0.25, 0.3) is 0 Å². The number of rotatable bonds is 6. The number of carbonyl (C=O) groups is 2. The molecule has 3 aromatic carbocycles. The number of hydrogen-bond donors (Lipinski definition) is 1. The van der Waals surface area contributed by atoms with Gasteiger partial charge in [0.1, 0.15) is 17.3 Å². The van der Waals surface area contributed by atoms with Crippen molar-refractivity contribution in [1.82, 2.24) is 9.80 Å². The molecular weight excluding hydrogens is 409 g/mol. The average molecular weight is 433 g/mol. The predicted molar refractivity (Wildman–Crippen MR) is 120 cm³/mol. The minimum absolute atomic E-state index is 0.0908. The first kappa shape index (κ1) is 21.5. The molecule has 1 heterocycles. The highest BCUT2D eigenvalue weighted by atomic mass is 19.1. The summed E-state index contributed by atoms with van der Waals surface area (Å²) in [5.74, 6) is 0.582. The van der Waals surface area contributed by atoms with E-state index in [1.54, 1.807) is 17.0 Å². The van der Waals surface area contributed by atoms with Crippen molar-refractivity contribution in [2.24, 2.45) is 0 Å². The quantitative estimate of drug-likeness (QED) is 0.638. The highest BCUT2D eigenvalue weighted by molar-refractivity contribution is 5.97. The standard InChI is InChI=1S/C25H24FN3O3/c26-19-10-12-20(13-11-19)27-24(30)18-28-14-16-29(17-15-28)25(31)22-8-4-5-9-23(22)32-21-6-2-1-3-7-21/h1-13H,14-18H2,(H,27,30). The van der Waals surface area contributed by atoms with Crippen molar-refractivity contribution < 1.29 is 18.7 Å². The Morgan fingerprint density at radius 3 is 2.22 bits per heavy atom. The lowest BCUT2D eigenvalue weighted by molar-refractivity contribution is -0.117. The molecule has 1 aliphatic heterocycles. The van der Waals surface area contributed by atoms with Crippen molar-refractivity contribution in [2.45, 2.75) is 0 Å². The molecule has 7 heteroatoms. The Morgan fingerprint density at radius 1 is 0.844 bits per heavy atom. The molecule has 0 aromatic heterocycles. The molecule has 0 bridgehead atoms. The minimum Gasteiger partial charge on any atom is -0.457 e. The summed E-state index contributed by atoms with van der Waals surface area (Å²) in [6.45, 7) is 2.42. The van der Waals surface area contributed by atoms with Gasteiger partial charge in [0, 0.05) is 31.9 Å². The van der Waals surface area contributed by atoms with E-state index in [1.807, 2.05) is 47.4 Å². The third-order valence-corrected chi connectivity index (χ3v) is 5.24. The molecule has 4 rings (SSSR count). The van der Waals surface area contributed by atoms with E-state index >= 15 is 0 Å². The summed E-state index contributed by atoms with van der Waals surface area (Å²) >= 11 is 0. The number of nitrogens with zero attached hydrogens (tertiary/aromatic N) is 2. The molecule has 6 nitrogen and oxygen atoms in total. The Kier molecular flexibility index (Phi) is 6.77. The van der Waals surface area contributed by atoms with Gasteiger partial charge in [0.15, 0.2) is 0 Å². The lowest BCUT2D eigenvalue weighted by Gasteiger charge is -2.34. The van der Waals surface area contributed by atoms with Gasteiger partial charge in [-0.3, -0.25) is 14.5 Å². The van der Waals surface area contributed by atoms with Crippen molar-refractivity contribution in [2.75, 3.05) is 38.0 Å². The molecule has 2 amide bonds. The van der Waals surface area contributed by atoms with Crippen LogP contribution in [-0.2, 0) is 4.79 Å². The molecule has 3 aromatic rings. The van der Waals surface area contributed by atoms with E-state index < -0.39 is 0 Å². The summed E-state index contributed by atoms with van der Waals surface area (Å²) in [6, 6.07) is 22.2. The van der Waals surface area contributed by atoms with Crippen molar-refractivity contribution in [3.63, 3.8) is 0 Å². The number of amides is 2. The van der Waals surface area contributed by atoms with Gasteiger partial charge >= 0.3 is 0 Å². The average Bonchev–Trinajstić information content (AvgIpc) is 2.82. The van der Waals surface area contributed by atoms with Gasteiger partial charge in [-0.25, -0.2) is 4.39 Å². The van der Waals surface area contributed by atoms with Crippen LogP contribution in [0.15, 0.2) is 78.9 Å². The van der Waals surface area contributed by atoms with Crippen LogP contribution < -0.4 is 10.1 Å². The fourth-order valence-electron chi connectivity index (χ4n) is 3.56. The first-order valence-corrected chi connectivity index (χ1v) is 10.5. The fourth-order valence-corrected chi connectivity index (χ4v) is 3.56. The van der Waals surface area contributed by atoms with E-state index in [0.717, 1.165) is 0 Å². The third-order valence-electron chi connectivity index (χ3n) is 5.24. The summed E-state index contributed by atoms with van der Waals surface area (Å²) in [6.07, 6.45) is 0. The van der Waals surface area contributed by atoms with E-state index in [1.165, 1.54) is 24.3 Å². The number of halogens is 1. The van der Waals surface area contributed by atoms with Crippen LogP contribution in [0.3, 0.4) is 0 Å². The van der Waals surface area contributed by atoms with E-state index in [4.69, 9.17) is 4.74 Å². The van der Waals surface area contributed by atoms with Gasteiger partial charge in [-0.05, 0) is 48.5 Å². The number of benzene rings is 3. The molecule has 1 N–H and O–H groups in total. The number of nitrogens with one attached hydrogen (secondary N) is 1. The molecule has 164 valence electrons. The lowest BCUT2D eigenvalue weighted by Crippen LogP contribution is -2.50. The van der Waals surface area contributed by atoms with Crippen LogP contribution >= 0.6 is 0 Å². The topological polar surface area (TPSA) is 61.9 Å². The molecule has 32 heavy (non-hydrogen) atoms. The zero-order chi connectivity index (χ0) is 22.3. The van der Waals surface area contributed by atoms with Crippen LogP contribution in [0.5, 0.6) is 11.5 Å². The fraction of sp³-hybridized carbons (Fsp3) is 0.200. The molecule has 0 spiro atoms. The van der Waals surface area contributed by atoms with Gasteiger partial charge in [-0.2, -0.15) is 0 Å². The van der Waals surface area contributed by atoms with Crippen LogP contribution in [0.4, 0.5) is 10.1 Å². The minimum atomic E-state index is -0.348. The number of ether oxygens (including phenoxy) is 1. The number of anilines is 1. The Labute approximate surface area is 186 Å². The molecule has 0 saturated carbocycles. The number of carbonyl (C=O) groups excluding carboxylic acids is 2. The maximum atomic E-state index is 13.1. The first-order valence-electron chi connectivity index (χ1n) is 10.5. The van der Waals surface area contributed by atoms with Crippen LogP contribution in [0.1, 0.15) is 10.4 Å². The third kappa shape index (κ3) is 5.50. The molecular formula is C25H24FN3O3. The molecule has 1 fully saturated rings. The van der Waals surface area contributed by atoms with Crippen molar-refractivity contribution in [1.29, 1.82) is 0 Å². The zero-order valence-electron chi connectivity index (χ0n) is 17.5. The van der Waals surface area contributed by atoms with E-state index in [0.29, 0.717) is 48.9 Å². The Hall–Kier alpha value is -3.71. The Bertz CT molecular complexity index is 1070. The highest BCUT2D eigenvalue weighted by Gasteiger charge is 2.25. The molecule has 0 aliphatic carbocycles. The van der Waals surface area contributed by atoms with Gasteiger partial charge in [0.2, 0.25) is 5.91 Å². The van der Waals surface area contributed by atoms with Gasteiger partial charge in [0.05, 0.1) is 12.1 Å². The maximum Gasteiger partial charge on any atom is 0.257 e. The molecule has 0 atom stereocenters. The van der Waals surface area contributed by atoms with Crippen LogP contribution in [0.2, 0.25) is 0 Å². The predicted octanol–water partition coefficient (Wildman–Crippen LogP) is 4.01. The van der Waals surface area contributed by atoms with Crippen LogP contribution in [-0.4, -0.2) is 54.3 Å². The summed E-state index contributed by atoms with van der Waals surface area (Å²) in [5.41, 5.74) is 1.07. The van der Waals surface area contributed by atoms with Gasteiger partial charge in [-0.1, -0.05) is 30.3 Å². The Morgan fingerprint density at radius 2 is 1.50 bits per heavy atom. The second-order valence-corrected chi connectivity index (χ2v) is 7.53. The summed E-state index contributed by atoms with van der Waals surface area (Å²) in [7, 11) is 0. The maximum absolute atomic E-state index is 13.1. The summed E-state index contributed by atoms with van der Waals surface area (Å²) in [5, 5.41) is 2.76. The van der Waals surface area contributed by atoms with Crippen molar-refractivity contribution in [3.05, 3.63) is 90.2 Å². The van der Waals surface area contributed by atoms with Gasteiger partial charge < -0.3 is 15.0 Å². The largest absolute Gasteiger partial charge is 0.457 e.